The molecule has 1 aromatic rings. The van der Waals surface area contributed by atoms with Crippen LogP contribution in [0.4, 0.5) is 4.39 Å². The van der Waals surface area contributed by atoms with Crippen LogP contribution < -0.4 is 4.74 Å². The summed E-state index contributed by atoms with van der Waals surface area (Å²) in [6.07, 6.45) is -0.642. The number of halogens is 1. The molecule has 14 heavy (non-hydrogen) atoms. The topological polar surface area (TPSA) is 49.7 Å². The Bertz CT molecular complexity index is 323. The van der Waals surface area contributed by atoms with Gasteiger partial charge in [-0.3, -0.25) is 0 Å². The minimum Gasteiger partial charge on any atom is -0.504 e. The molecule has 0 heterocycles. The first-order valence-corrected chi connectivity index (χ1v) is 4.28. The van der Waals surface area contributed by atoms with Gasteiger partial charge in [-0.15, -0.1) is 0 Å². The maximum atomic E-state index is 13.2. The van der Waals surface area contributed by atoms with E-state index in [-0.39, 0.29) is 23.5 Å². The van der Waals surface area contributed by atoms with Crippen LogP contribution in [0.1, 0.15) is 12.5 Å². The van der Waals surface area contributed by atoms with Gasteiger partial charge in [0.25, 0.3) is 0 Å². The van der Waals surface area contributed by atoms with Crippen molar-refractivity contribution >= 4 is 0 Å². The summed E-state index contributed by atoms with van der Waals surface area (Å²) in [5, 5.41) is 18.6. The van der Waals surface area contributed by atoms with Crippen molar-refractivity contribution in [1.82, 2.24) is 0 Å². The minimum atomic E-state index is -0.706. The third-order valence-electron chi connectivity index (χ3n) is 1.91. The highest BCUT2D eigenvalue weighted by atomic mass is 19.1. The number of ether oxygens (including phenoxy) is 1. The third kappa shape index (κ3) is 2.14. The maximum Gasteiger partial charge on any atom is 0.163 e. The zero-order valence-corrected chi connectivity index (χ0v) is 8.12. The normalized spacial score (nSPS) is 12.6. The van der Waals surface area contributed by atoms with Crippen molar-refractivity contribution in [1.29, 1.82) is 0 Å². The monoisotopic (exact) mass is 200 g/mol. The summed E-state index contributed by atoms with van der Waals surface area (Å²) < 4.78 is 18.0. The van der Waals surface area contributed by atoms with Crippen LogP contribution >= 0.6 is 0 Å². The molecular weight excluding hydrogens is 187 g/mol. The smallest absolute Gasteiger partial charge is 0.163 e. The third-order valence-corrected chi connectivity index (χ3v) is 1.91. The molecule has 0 aromatic heterocycles. The Morgan fingerprint density at radius 1 is 1.50 bits per heavy atom. The number of aromatic hydroxyl groups is 1. The van der Waals surface area contributed by atoms with Crippen molar-refractivity contribution in [2.45, 2.75) is 19.4 Å². The zero-order chi connectivity index (χ0) is 10.7. The number of hydrogen-bond donors (Lipinski definition) is 2. The SMILES string of the molecule is COc1ccc(F)c(CC(C)O)c1O. The highest BCUT2D eigenvalue weighted by Crippen LogP contribution is 2.32. The van der Waals surface area contributed by atoms with Crippen LogP contribution in [0.25, 0.3) is 0 Å². The van der Waals surface area contributed by atoms with Gasteiger partial charge in [0.2, 0.25) is 0 Å². The highest BCUT2D eigenvalue weighted by Gasteiger charge is 2.14. The fourth-order valence-corrected chi connectivity index (χ4v) is 1.24. The van der Waals surface area contributed by atoms with E-state index in [0.717, 1.165) is 0 Å². The van der Waals surface area contributed by atoms with E-state index in [4.69, 9.17) is 9.84 Å². The van der Waals surface area contributed by atoms with Crippen molar-refractivity contribution in [3.8, 4) is 11.5 Å². The van der Waals surface area contributed by atoms with E-state index in [1.165, 1.54) is 26.2 Å². The number of aliphatic hydroxyl groups is 1. The van der Waals surface area contributed by atoms with Gasteiger partial charge in [-0.25, -0.2) is 4.39 Å². The van der Waals surface area contributed by atoms with Gasteiger partial charge in [-0.05, 0) is 19.1 Å². The molecule has 0 spiro atoms. The molecular formula is C10H13FO3. The van der Waals surface area contributed by atoms with Crippen LogP contribution in [0.2, 0.25) is 0 Å². The summed E-state index contributed by atoms with van der Waals surface area (Å²) in [6.45, 7) is 1.53. The lowest BCUT2D eigenvalue weighted by molar-refractivity contribution is 0.192. The number of phenolic OH excluding ortho intramolecular Hbond substituents is 1. The Hall–Kier alpha value is -1.29. The second-order valence-corrected chi connectivity index (χ2v) is 3.13. The Morgan fingerprint density at radius 3 is 2.64 bits per heavy atom. The lowest BCUT2D eigenvalue weighted by Crippen LogP contribution is -2.06. The molecule has 0 bridgehead atoms. The summed E-state index contributed by atoms with van der Waals surface area (Å²) in [5.41, 5.74) is 0.0827. The van der Waals surface area contributed by atoms with E-state index in [1.54, 1.807) is 0 Å². The van der Waals surface area contributed by atoms with Crippen LogP contribution in [-0.2, 0) is 6.42 Å². The molecule has 3 nitrogen and oxygen atoms in total. The molecule has 0 fully saturated rings. The van der Waals surface area contributed by atoms with Crippen molar-refractivity contribution in [2.75, 3.05) is 7.11 Å². The van der Waals surface area contributed by atoms with Crippen molar-refractivity contribution in [2.24, 2.45) is 0 Å². The second-order valence-electron chi connectivity index (χ2n) is 3.13. The van der Waals surface area contributed by atoms with Crippen LogP contribution in [0.5, 0.6) is 11.5 Å². The predicted octanol–water partition coefficient (Wildman–Crippen LogP) is 1.46. The fourth-order valence-electron chi connectivity index (χ4n) is 1.24. The van der Waals surface area contributed by atoms with Gasteiger partial charge in [0.1, 0.15) is 5.82 Å². The van der Waals surface area contributed by atoms with E-state index < -0.39 is 11.9 Å². The average Bonchev–Trinajstić information content (AvgIpc) is 2.12. The van der Waals surface area contributed by atoms with Gasteiger partial charge in [-0.1, -0.05) is 0 Å². The highest BCUT2D eigenvalue weighted by molar-refractivity contribution is 5.46. The molecule has 2 N–H and O–H groups in total. The average molecular weight is 200 g/mol. The van der Waals surface area contributed by atoms with Crippen LogP contribution in [0.3, 0.4) is 0 Å². The zero-order valence-electron chi connectivity index (χ0n) is 8.12. The number of benzene rings is 1. The van der Waals surface area contributed by atoms with E-state index in [9.17, 15) is 9.50 Å². The van der Waals surface area contributed by atoms with Gasteiger partial charge in [0.05, 0.1) is 13.2 Å². The van der Waals surface area contributed by atoms with E-state index >= 15 is 0 Å². The van der Waals surface area contributed by atoms with Crippen molar-refractivity contribution in [3.63, 3.8) is 0 Å². The molecule has 1 rings (SSSR count). The Kier molecular flexibility index (Phi) is 3.30. The first-order valence-electron chi connectivity index (χ1n) is 4.28. The number of aliphatic hydroxyl groups excluding tert-OH is 1. The van der Waals surface area contributed by atoms with Crippen molar-refractivity contribution < 1.29 is 19.3 Å². The van der Waals surface area contributed by atoms with Gasteiger partial charge in [0, 0.05) is 12.0 Å². The molecule has 0 aliphatic heterocycles. The Labute approximate surface area is 81.8 Å². The quantitative estimate of drug-likeness (QED) is 0.776. The summed E-state index contributed by atoms with van der Waals surface area (Å²) in [4.78, 5) is 0. The molecule has 0 aliphatic carbocycles. The molecule has 1 unspecified atom stereocenters. The van der Waals surface area contributed by atoms with Crippen LogP contribution in [0, 0.1) is 5.82 Å². The lowest BCUT2D eigenvalue weighted by Gasteiger charge is -2.11. The number of hydrogen-bond acceptors (Lipinski definition) is 3. The molecule has 0 saturated heterocycles. The molecule has 0 aliphatic rings. The fraction of sp³-hybridized carbons (Fsp3) is 0.400. The Morgan fingerprint density at radius 2 is 2.14 bits per heavy atom. The summed E-state index contributed by atoms with van der Waals surface area (Å²) in [7, 11) is 1.39. The molecule has 0 radical (unpaired) electrons. The van der Waals surface area contributed by atoms with Gasteiger partial charge in [-0.2, -0.15) is 0 Å². The molecule has 1 atom stereocenters. The van der Waals surface area contributed by atoms with Gasteiger partial charge < -0.3 is 14.9 Å². The number of phenols is 1. The van der Waals surface area contributed by atoms with E-state index in [1.807, 2.05) is 0 Å². The van der Waals surface area contributed by atoms with Crippen LogP contribution in [-0.4, -0.2) is 23.4 Å². The molecule has 0 amide bonds. The molecule has 0 saturated carbocycles. The molecule has 1 aromatic carbocycles. The predicted molar refractivity (Wildman–Crippen MR) is 50.0 cm³/mol. The maximum absolute atomic E-state index is 13.2. The van der Waals surface area contributed by atoms with Crippen molar-refractivity contribution in [3.05, 3.63) is 23.5 Å². The first kappa shape index (κ1) is 10.8. The van der Waals surface area contributed by atoms with Gasteiger partial charge >= 0.3 is 0 Å². The minimum absolute atomic E-state index is 0.0644. The van der Waals surface area contributed by atoms with E-state index in [0.29, 0.717) is 0 Å². The molecule has 4 heteroatoms. The van der Waals surface area contributed by atoms with Gasteiger partial charge in [0.15, 0.2) is 11.5 Å². The molecule has 78 valence electrons. The largest absolute Gasteiger partial charge is 0.504 e. The summed E-state index contributed by atoms with van der Waals surface area (Å²) in [6, 6.07) is 2.55. The number of methoxy groups -OCH3 is 1. The second kappa shape index (κ2) is 4.28. The van der Waals surface area contributed by atoms with Crippen LogP contribution in [0.15, 0.2) is 12.1 Å². The summed E-state index contributed by atoms with van der Waals surface area (Å²) in [5.74, 6) is -0.570. The first-order chi connectivity index (χ1) is 6.56. The summed E-state index contributed by atoms with van der Waals surface area (Å²) >= 11 is 0. The number of rotatable bonds is 3. The lowest BCUT2D eigenvalue weighted by atomic mass is 10.1. The standard InChI is InChI=1S/C10H13FO3/c1-6(12)5-7-8(11)3-4-9(14-2)10(7)13/h3-4,6,12-13H,5H2,1-2H3. The van der Waals surface area contributed by atoms with E-state index in [2.05, 4.69) is 0 Å². The Balaban J connectivity index is 3.11.